The molecule has 0 saturated carbocycles. The average Bonchev–Trinajstić information content (AvgIpc) is 3.35. The molecule has 5 aromatic rings. The maximum absolute atomic E-state index is 11.7. The summed E-state index contributed by atoms with van der Waals surface area (Å²) in [6.45, 7) is 2.36. The Kier molecular flexibility index (Phi) is 5.36. The molecule has 164 valence electrons. The maximum Gasteiger partial charge on any atom is 0.250 e. The third-order valence-electron chi connectivity index (χ3n) is 5.48. The highest BCUT2D eigenvalue weighted by molar-refractivity contribution is 6.33. The van der Waals surface area contributed by atoms with E-state index in [4.69, 9.17) is 33.9 Å². The van der Waals surface area contributed by atoms with E-state index in [1.54, 1.807) is 16.8 Å². The van der Waals surface area contributed by atoms with Gasteiger partial charge in [0.2, 0.25) is 5.91 Å². The fraction of sp³-hybridized carbons (Fsp3) is 0.0833. The minimum atomic E-state index is -0.573. The van der Waals surface area contributed by atoms with Gasteiger partial charge in [0, 0.05) is 16.8 Å². The standard InChI is InChI=1S/C24H18Cl2N6O/c1-14-21(29-30-32(14)13-15-5-10-19(26)18(12-15)24(27)33)23-22(16-6-8-17(25)9-7-16)28-20-4-2-3-11-31(20)23/h2-12H,13H2,1H3,(H2,27,33). The van der Waals surface area contributed by atoms with Crippen LogP contribution in [0.4, 0.5) is 0 Å². The molecule has 3 aromatic heterocycles. The van der Waals surface area contributed by atoms with Crippen LogP contribution < -0.4 is 5.73 Å². The number of amides is 1. The molecule has 3 heterocycles. The molecule has 2 N–H and O–H groups in total. The van der Waals surface area contributed by atoms with Crippen LogP contribution in [0.3, 0.4) is 0 Å². The van der Waals surface area contributed by atoms with E-state index >= 15 is 0 Å². The Hall–Kier alpha value is -3.68. The summed E-state index contributed by atoms with van der Waals surface area (Å²) in [5, 5.41) is 9.84. The first-order chi connectivity index (χ1) is 15.9. The van der Waals surface area contributed by atoms with Gasteiger partial charge in [-0.1, -0.05) is 52.7 Å². The maximum atomic E-state index is 11.7. The van der Waals surface area contributed by atoms with E-state index in [1.165, 1.54) is 0 Å². The molecule has 0 bridgehead atoms. The number of aromatic nitrogens is 5. The lowest BCUT2D eigenvalue weighted by atomic mass is 10.1. The lowest BCUT2D eigenvalue weighted by Crippen LogP contribution is -2.13. The smallest absolute Gasteiger partial charge is 0.250 e. The first-order valence-corrected chi connectivity index (χ1v) is 10.9. The first kappa shape index (κ1) is 21.2. The number of pyridine rings is 1. The van der Waals surface area contributed by atoms with Crippen molar-refractivity contribution in [3.63, 3.8) is 0 Å². The van der Waals surface area contributed by atoms with Crippen molar-refractivity contribution in [2.24, 2.45) is 5.73 Å². The molecule has 0 fully saturated rings. The molecule has 0 spiro atoms. The molecular formula is C24H18Cl2N6O. The number of imidazole rings is 1. The summed E-state index contributed by atoms with van der Waals surface area (Å²) in [4.78, 5) is 16.5. The van der Waals surface area contributed by atoms with Crippen LogP contribution in [0, 0.1) is 6.92 Å². The number of hydrogen-bond acceptors (Lipinski definition) is 4. The Bertz CT molecular complexity index is 1500. The van der Waals surface area contributed by atoms with Crippen molar-refractivity contribution in [1.29, 1.82) is 0 Å². The number of halogens is 2. The first-order valence-electron chi connectivity index (χ1n) is 10.1. The van der Waals surface area contributed by atoms with Crippen LogP contribution in [0.15, 0.2) is 66.9 Å². The largest absolute Gasteiger partial charge is 0.366 e. The van der Waals surface area contributed by atoms with Crippen molar-refractivity contribution >= 4 is 34.8 Å². The van der Waals surface area contributed by atoms with Gasteiger partial charge in [0.05, 0.1) is 28.5 Å². The minimum Gasteiger partial charge on any atom is -0.366 e. The zero-order valence-corrected chi connectivity index (χ0v) is 19.0. The fourth-order valence-electron chi connectivity index (χ4n) is 3.79. The Morgan fingerprint density at radius 3 is 2.58 bits per heavy atom. The van der Waals surface area contributed by atoms with Gasteiger partial charge in [-0.2, -0.15) is 0 Å². The van der Waals surface area contributed by atoms with E-state index in [1.807, 2.05) is 66.1 Å². The number of nitrogens with zero attached hydrogens (tertiary/aromatic N) is 5. The number of fused-ring (bicyclic) bond motifs is 1. The van der Waals surface area contributed by atoms with Crippen LogP contribution >= 0.6 is 23.2 Å². The van der Waals surface area contributed by atoms with Crippen molar-refractivity contribution in [1.82, 2.24) is 24.4 Å². The van der Waals surface area contributed by atoms with Crippen LogP contribution in [0.1, 0.15) is 21.6 Å². The molecule has 1 amide bonds. The third kappa shape index (κ3) is 3.86. The highest BCUT2D eigenvalue weighted by Crippen LogP contribution is 2.34. The second-order valence-electron chi connectivity index (χ2n) is 7.60. The van der Waals surface area contributed by atoms with Crippen molar-refractivity contribution in [3.8, 4) is 22.6 Å². The van der Waals surface area contributed by atoms with E-state index < -0.39 is 5.91 Å². The summed E-state index contributed by atoms with van der Waals surface area (Å²) in [5.74, 6) is -0.573. The lowest BCUT2D eigenvalue weighted by Gasteiger charge is -2.08. The number of benzene rings is 2. The summed E-state index contributed by atoms with van der Waals surface area (Å²) in [7, 11) is 0. The predicted octanol–water partition coefficient (Wildman–Crippen LogP) is 5.02. The molecular weight excluding hydrogens is 459 g/mol. The number of rotatable bonds is 5. The summed E-state index contributed by atoms with van der Waals surface area (Å²) in [6.07, 6.45) is 1.95. The highest BCUT2D eigenvalue weighted by atomic mass is 35.5. The molecule has 2 aromatic carbocycles. The van der Waals surface area contributed by atoms with Crippen LogP contribution in [0.2, 0.25) is 10.0 Å². The zero-order valence-electron chi connectivity index (χ0n) is 17.5. The molecule has 7 nitrogen and oxygen atoms in total. The van der Waals surface area contributed by atoms with Gasteiger partial charge in [-0.15, -0.1) is 5.10 Å². The second-order valence-corrected chi connectivity index (χ2v) is 8.45. The number of nitrogens with two attached hydrogens (primary N) is 1. The van der Waals surface area contributed by atoms with Gasteiger partial charge in [-0.05, 0) is 48.9 Å². The Balaban J connectivity index is 1.61. The molecule has 0 saturated heterocycles. The number of carbonyl (C=O) groups excluding carboxylic acids is 1. The van der Waals surface area contributed by atoms with E-state index in [-0.39, 0.29) is 5.56 Å². The van der Waals surface area contributed by atoms with Gasteiger partial charge < -0.3 is 5.73 Å². The molecule has 0 aliphatic heterocycles. The topological polar surface area (TPSA) is 91.1 Å². The molecule has 0 radical (unpaired) electrons. The van der Waals surface area contributed by atoms with Crippen LogP contribution in [0.25, 0.3) is 28.3 Å². The van der Waals surface area contributed by atoms with Crippen molar-refractivity contribution < 1.29 is 4.79 Å². The number of primary amides is 1. The monoisotopic (exact) mass is 476 g/mol. The number of carbonyl (C=O) groups is 1. The van der Waals surface area contributed by atoms with Gasteiger partial charge >= 0.3 is 0 Å². The van der Waals surface area contributed by atoms with Crippen molar-refractivity contribution in [2.75, 3.05) is 0 Å². The second kappa shape index (κ2) is 8.35. The van der Waals surface area contributed by atoms with E-state index in [2.05, 4.69) is 10.3 Å². The van der Waals surface area contributed by atoms with Gasteiger partial charge in [-0.25, -0.2) is 9.67 Å². The minimum absolute atomic E-state index is 0.277. The van der Waals surface area contributed by atoms with E-state index in [0.29, 0.717) is 22.3 Å². The van der Waals surface area contributed by atoms with Gasteiger partial charge in [0.1, 0.15) is 17.0 Å². The zero-order chi connectivity index (χ0) is 23.1. The summed E-state index contributed by atoms with van der Waals surface area (Å²) in [6, 6.07) is 18.6. The summed E-state index contributed by atoms with van der Waals surface area (Å²) in [5.41, 5.74) is 11.5. The van der Waals surface area contributed by atoms with Gasteiger partial charge in [0.15, 0.2) is 0 Å². The fourth-order valence-corrected chi connectivity index (χ4v) is 4.13. The van der Waals surface area contributed by atoms with E-state index in [0.717, 1.165) is 33.9 Å². The SMILES string of the molecule is Cc1c(-c2c(-c3ccc(Cl)cc3)nc3ccccn23)nnn1Cc1ccc(Cl)c(C(N)=O)c1. The molecule has 0 aliphatic carbocycles. The van der Waals surface area contributed by atoms with Gasteiger partial charge in [-0.3, -0.25) is 9.20 Å². The Labute approximate surface area is 199 Å². The lowest BCUT2D eigenvalue weighted by molar-refractivity contribution is 0.100. The van der Waals surface area contributed by atoms with Crippen molar-refractivity contribution in [3.05, 3.63) is 93.7 Å². The van der Waals surface area contributed by atoms with Gasteiger partial charge in [0.25, 0.3) is 0 Å². The molecule has 0 unspecified atom stereocenters. The highest BCUT2D eigenvalue weighted by Gasteiger charge is 2.22. The predicted molar refractivity (Wildman–Crippen MR) is 128 cm³/mol. The van der Waals surface area contributed by atoms with Crippen LogP contribution in [-0.2, 0) is 6.54 Å². The Morgan fingerprint density at radius 2 is 1.82 bits per heavy atom. The molecule has 5 rings (SSSR count). The summed E-state index contributed by atoms with van der Waals surface area (Å²) >= 11 is 12.2. The van der Waals surface area contributed by atoms with Crippen molar-refractivity contribution in [2.45, 2.75) is 13.5 Å². The number of hydrogen-bond donors (Lipinski definition) is 1. The Morgan fingerprint density at radius 1 is 1.03 bits per heavy atom. The average molecular weight is 477 g/mol. The van der Waals surface area contributed by atoms with Crippen LogP contribution in [-0.4, -0.2) is 30.3 Å². The summed E-state index contributed by atoms with van der Waals surface area (Å²) < 4.78 is 3.77. The quantitative estimate of drug-likeness (QED) is 0.385. The molecule has 0 aliphatic rings. The molecule has 0 atom stereocenters. The van der Waals surface area contributed by atoms with E-state index in [9.17, 15) is 4.79 Å². The third-order valence-corrected chi connectivity index (χ3v) is 6.06. The molecule has 9 heteroatoms. The normalized spacial score (nSPS) is 11.2. The molecule has 33 heavy (non-hydrogen) atoms. The van der Waals surface area contributed by atoms with Crippen LogP contribution in [0.5, 0.6) is 0 Å².